The van der Waals surface area contributed by atoms with E-state index in [1.165, 1.54) is 77.0 Å². The fourth-order valence-electron chi connectivity index (χ4n) is 4.78. The third-order valence-electron chi connectivity index (χ3n) is 7.49. The van der Waals surface area contributed by atoms with Gasteiger partial charge in [0.15, 0.2) is 6.10 Å². The summed E-state index contributed by atoms with van der Waals surface area (Å²) in [7, 11) is -3.19. The van der Waals surface area contributed by atoms with Crippen LogP contribution in [0.15, 0.2) is 12.2 Å². The average molecular weight is 633 g/mol. The number of allylic oxidation sites excluding steroid dienone is 2. The highest BCUT2D eigenvalue weighted by Crippen LogP contribution is 2.42. The highest BCUT2D eigenvalue weighted by molar-refractivity contribution is 7.47. The molecular weight excluding hydrogens is 567 g/mol. The first-order valence-corrected chi connectivity index (χ1v) is 18.9. The number of ether oxygens (including phenoxy) is 2. The van der Waals surface area contributed by atoms with Crippen LogP contribution in [-0.2, 0) is 32.7 Å². The van der Waals surface area contributed by atoms with Gasteiger partial charge in [-0.05, 0) is 32.1 Å². The lowest BCUT2D eigenvalue weighted by Gasteiger charge is -2.19. The van der Waals surface area contributed by atoms with Gasteiger partial charge in [0.05, 0.1) is 6.61 Å². The molecule has 0 aliphatic rings. The minimum atomic E-state index is -4.25. The largest absolute Gasteiger partial charge is 0.472 e. The van der Waals surface area contributed by atoms with Crippen LogP contribution in [0.2, 0.25) is 0 Å². The molecule has 0 amide bonds. The van der Waals surface area contributed by atoms with E-state index in [0.717, 1.165) is 64.9 Å². The van der Waals surface area contributed by atoms with Crippen molar-refractivity contribution in [2.75, 3.05) is 20.3 Å². The summed E-state index contributed by atoms with van der Waals surface area (Å²) in [6.45, 7) is 3.80. The molecule has 0 saturated heterocycles. The summed E-state index contributed by atoms with van der Waals surface area (Å²) in [6, 6.07) is 0. The Morgan fingerprint density at radius 1 is 0.628 bits per heavy atom. The molecule has 43 heavy (non-hydrogen) atoms. The van der Waals surface area contributed by atoms with E-state index in [1.807, 2.05) is 0 Å². The average Bonchev–Trinajstić information content (AvgIpc) is 2.99. The molecule has 0 heterocycles. The van der Waals surface area contributed by atoms with Crippen LogP contribution in [0.5, 0.6) is 0 Å². The Bertz CT molecular complexity index is 727. The molecule has 0 aromatic carbocycles. The van der Waals surface area contributed by atoms with Gasteiger partial charge in [-0.3, -0.25) is 18.6 Å². The number of hydrogen-bond acceptors (Lipinski definition) is 7. The smallest absolute Gasteiger partial charge is 0.462 e. The fraction of sp³-hybridized carbons (Fsp3) is 0.882. The zero-order valence-electron chi connectivity index (χ0n) is 27.9. The summed E-state index contributed by atoms with van der Waals surface area (Å²) in [5.74, 6) is -0.812. The van der Waals surface area contributed by atoms with E-state index >= 15 is 0 Å². The first kappa shape index (κ1) is 41.8. The minimum Gasteiger partial charge on any atom is -0.462 e. The first-order valence-electron chi connectivity index (χ1n) is 17.4. The lowest BCUT2D eigenvalue weighted by molar-refractivity contribution is -0.161. The van der Waals surface area contributed by atoms with Crippen LogP contribution in [0.25, 0.3) is 0 Å². The second-order valence-electron chi connectivity index (χ2n) is 11.7. The summed E-state index contributed by atoms with van der Waals surface area (Å²) in [6.07, 6.45) is 29.8. The monoisotopic (exact) mass is 632 g/mol. The molecule has 0 aromatic heterocycles. The molecule has 0 aromatic rings. The highest BCUT2D eigenvalue weighted by atomic mass is 31.2. The van der Waals surface area contributed by atoms with Gasteiger partial charge < -0.3 is 14.4 Å². The van der Waals surface area contributed by atoms with E-state index in [4.69, 9.17) is 14.0 Å². The molecule has 0 aliphatic heterocycles. The summed E-state index contributed by atoms with van der Waals surface area (Å²) in [4.78, 5) is 34.1. The maximum atomic E-state index is 12.4. The molecule has 2 unspecified atom stereocenters. The molecule has 0 aliphatic carbocycles. The topological polar surface area (TPSA) is 108 Å². The lowest BCUT2D eigenvalue weighted by atomic mass is 10.0. The number of phosphoric acid groups is 1. The van der Waals surface area contributed by atoms with Crippen molar-refractivity contribution in [1.82, 2.24) is 0 Å². The molecule has 8 nitrogen and oxygen atoms in total. The van der Waals surface area contributed by atoms with E-state index in [1.54, 1.807) is 0 Å². The number of unbranched alkanes of at least 4 members (excludes halogenated alkanes) is 19. The van der Waals surface area contributed by atoms with Crippen LogP contribution in [0.3, 0.4) is 0 Å². The number of esters is 2. The van der Waals surface area contributed by atoms with Gasteiger partial charge in [-0.15, -0.1) is 0 Å². The summed E-state index contributed by atoms with van der Waals surface area (Å²) in [5, 5.41) is 0. The van der Waals surface area contributed by atoms with Crippen molar-refractivity contribution in [3.63, 3.8) is 0 Å². The van der Waals surface area contributed by atoms with E-state index in [0.29, 0.717) is 12.8 Å². The number of carbonyl (C=O) groups is 2. The van der Waals surface area contributed by atoms with Gasteiger partial charge in [0, 0.05) is 20.0 Å². The Kier molecular flexibility index (Phi) is 29.9. The molecular formula is C34H65O8P. The van der Waals surface area contributed by atoms with Crippen molar-refractivity contribution in [2.45, 2.75) is 174 Å². The standard InChI is InChI=1S/C34H65O8P/c1-4-6-8-10-12-14-16-17-18-19-21-22-24-26-28-33(35)40-30-32(31-41-43(37,38)39-3)42-34(36)29-27-25-23-20-15-13-11-9-7-5-2/h9,11,32H,4-8,10,12-31H2,1-3H3,(H,37,38)/b11-9-. The van der Waals surface area contributed by atoms with E-state index < -0.39 is 26.5 Å². The van der Waals surface area contributed by atoms with Crippen LogP contribution >= 0.6 is 7.82 Å². The van der Waals surface area contributed by atoms with E-state index in [9.17, 15) is 19.0 Å². The Labute approximate surface area is 263 Å². The Hall–Kier alpha value is -1.21. The van der Waals surface area contributed by atoms with Gasteiger partial charge in [-0.1, -0.05) is 135 Å². The van der Waals surface area contributed by atoms with Crippen LogP contribution in [-0.4, -0.2) is 43.3 Å². The Morgan fingerprint density at radius 2 is 1.09 bits per heavy atom. The lowest BCUT2D eigenvalue weighted by Crippen LogP contribution is -2.29. The van der Waals surface area contributed by atoms with Crippen LogP contribution < -0.4 is 0 Å². The first-order chi connectivity index (χ1) is 20.8. The van der Waals surface area contributed by atoms with Crippen molar-refractivity contribution in [1.29, 1.82) is 0 Å². The van der Waals surface area contributed by atoms with Gasteiger partial charge in [0.1, 0.15) is 6.61 Å². The van der Waals surface area contributed by atoms with Gasteiger partial charge in [-0.2, -0.15) is 0 Å². The molecule has 1 N–H and O–H groups in total. The number of rotatable bonds is 32. The second-order valence-corrected chi connectivity index (χ2v) is 13.2. The summed E-state index contributed by atoms with van der Waals surface area (Å²) < 4.78 is 31.7. The van der Waals surface area contributed by atoms with Crippen LogP contribution in [0, 0.1) is 0 Å². The molecule has 0 bridgehead atoms. The van der Waals surface area contributed by atoms with E-state index in [-0.39, 0.29) is 19.0 Å². The van der Waals surface area contributed by atoms with Crippen molar-refractivity contribution >= 4 is 19.8 Å². The Morgan fingerprint density at radius 3 is 1.60 bits per heavy atom. The second kappa shape index (κ2) is 30.8. The van der Waals surface area contributed by atoms with Crippen molar-refractivity contribution in [3.8, 4) is 0 Å². The molecule has 254 valence electrons. The van der Waals surface area contributed by atoms with Crippen LogP contribution in [0.1, 0.15) is 168 Å². The molecule has 0 spiro atoms. The van der Waals surface area contributed by atoms with Gasteiger partial charge >= 0.3 is 19.8 Å². The van der Waals surface area contributed by atoms with Gasteiger partial charge in [-0.25, -0.2) is 4.57 Å². The fourth-order valence-corrected chi connectivity index (χ4v) is 5.24. The number of carbonyl (C=O) groups excluding carboxylic acids is 2. The number of phosphoric ester groups is 1. The molecule has 0 saturated carbocycles. The molecule has 9 heteroatoms. The number of hydrogen-bond donors (Lipinski definition) is 1. The molecule has 0 fully saturated rings. The third kappa shape index (κ3) is 30.6. The highest BCUT2D eigenvalue weighted by Gasteiger charge is 2.24. The predicted octanol–water partition coefficient (Wildman–Crippen LogP) is 10.2. The Balaban J connectivity index is 4.06. The van der Waals surface area contributed by atoms with E-state index in [2.05, 4.69) is 30.5 Å². The SMILES string of the molecule is CCC/C=C\CCCCCCCC(=O)OC(COC(=O)CCCCCCCCCCCCCCCC)COP(=O)(O)OC. The normalized spacial score (nSPS) is 13.7. The molecule has 0 rings (SSSR count). The zero-order valence-corrected chi connectivity index (χ0v) is 28.8. The van der Waals surface area contributed by atoms with Crippen molar-refractivity contribution in [2.24, 2.45) is 0 Å². The third-order valence-corrected chi connectivity index (χ3v) is 8.43. The maximum Gasteiger partial charge on any atom is 0.472 e. The zero-order chi connectivity index (χ0) is 31.9. The quantitative estimate of drug-likeness (QED) is 0.0338. The summed E-state index contributed by atoms with van der Waals surface area (Å²) >= 11 is 0. The van der Waals surface area contributed by atoms with Crippen LogP contribution in [0.4, 0.5) is 0 Å². The predicted molar refractivity (Wildman–Crippen MR) is 175 cm³/mol. The molecule has 2 atom stereocenters. The minimum absolute atomic E-state index is 0.224. The van der Waals surface area contributed by atoms with Gasteiger partial charge in [0.25, 0.3) is 0 Å². The van der Waals surface area contributed by atoms with Gasteiger partial charge in [0.2, 0.25) is 0 Å². The van der Waals surface area contributed by atoms with Crippen molar-refractivity contribution < 1.29 is 37.6 Å². The van der Waals surface area contributed by atoms with Crippen molar-refractivity contribution in [3.05, 3.63) is 12.2 Å². The summed E-state index contributed by atoms with van der Waals surface area (Å²) in [5.41, 5.74) is 0. The maximum absolute atomic E-state index is 12.4. The molecule has 0 radical (unpaired) electrons.